The molecular weight excluding hydrogens is 358 g/mol. The molecule has 0 aliphatic carbocycles. The van der Waals surface area contributed by atoms with E-state index in [1.807, 2.05) is 42.3 Å². The van der Waals surface area contributed by atoms with Crippen molar-refractivity contribution in [3.63, 3.8) is 0 Å². The Kier molecular flexibility index (Phi) is 5.86. The Morgan fingerprint density at radius 1 is 1.07 bits per heavy atom. The molecule has 7 heteroatoms. The number of ether oxygens (including phenoxy) is 1. The number of rotatable bonds is 7. The zero-order valence-corrected chi connectivity index (χ0v) is 15.7. The molecule has 0 aliphatic rings. The van der Waals surface area contributed by atoms with Crippen LogP contribution >= 0.6 is 0 Å². The molecular formula is C21H21N3O4. The Bertz CT molecular complexity index is 1000. The van der Waals surface area contributed by atoms with E-state index >= 15 is 0 Å². The van der Waals surface area contributed by atoms with Crippen molar-refractivity contribution >= 4 is 28.1 Å². The topological polar surface area (TPSA) is 84.7 Å². The van der Waals surface area contributed by atoms with Gasteiger partial charge in [-0.05, 0) is 53.7 Å². The number of nitro groups is 1. The van der Waals surface area contributed by atoms with E-state index < -0.39 is 4.92 Å². The zero-order chi connectivity index (χ0) is 20.1. The lowest BCUT2D eigenvalue weighted by molar-refractivity contribution is -0.384. The molecule has 0 heterocycles. The van der Waals surface area contributed by atoms with E-state index in [9.17, 15) is 14.9 Å². The highest BCUT2D eigenvalue weighted by atomic mass is 16.6. The van der Waals surface area contributed by atoms with Gasteiger partial charge in [0, 0.05) is 24.4 Å². The van der Waals surface area contributed by atoms with E-state index in [0.29, 0.717) is 12.2 Å². The second-order valence-electron chi connectivity index (χ2n) is 6.57. The molecule has 3 aromatic rings. The van der Waals surface area contributed by atoms with Gasteiger partial charge < -0.3 is 10.1 Å². The van der Waals surface area contributed by atoms with Crippen LogP contribution in [0.4, 0.5) is 11.4 Å². The summed E-state index contributed by atoms with van der Waals surface area (Å²) < 4.78 is 5.24. The SMILES string of the molecule is COc1ccc2cc(CN(C)CC(=O)Nc3ccc([N+](=O)[O-])cc3)ccc2c1. The molecule has 144 valence electrons. The zero-order valence-electron chi connectivity index (χ0n) is 15.7. The lowest BCUT2D eigenvalue weighted by atomic mass is 10.1. The van der Waals surface area contributed by atoms with Crippen molar-refractivity contribution in [2.45, 2.75) is 6.54 Å². The predicted molar refractivity (Wildman–Crippen MR) is 109 cm³/mol. The standard InChI is InChI=1S/C21H21N3O4/c1-23(14-21(25)22-18-6-8-19(9-7-18)24(26)27)13-15-3-4-17-12-20(28-2)10-5-16(17)11-15/h3-12H,13-14H2,1-2H3,(H,22,25). The normalized spacial score (nSPS) is 10.8. The van der Waals surface area contributed by atoms with Gasteiger partial charge >= 0.3 is 0 Å². The number of amides is 1. The fourth-order valence-electron chi connectivity index (χ4n) is 2.98. The smallest absolute Gasteiger partial charge is 0.269 e. The quantitative estimate of drug-likeness (QED) is 0.498. The van der Waals surface area contributed by atoms with Gasteiger partial charge in [-0.1, -0.05) is 18.2 Å². The van der Waals surface area contributed by atoms with Gasteiger partial charge in [-0.25, -0.2) is 0 Å². The number of carbonyl (C=O) groups excluding carboxylic acids is 1. The highest BCUT2D eigenvalue weighted by Gasteiger charge is 2.10. The molecule has 3 rings (SSSR count). The van der Waals surface area contributed by atoms with Gasteiger partial charge in [0.1, 0.15) is 5.75 Å². The van der Waals surface area contributed by atoms with E-state index in [-0.39, 0.29) is 18.1 Å². The number of likely N-dealkylation sites (N-methyl/N-ethyl adjacent to an activating group) is 1. The first-order chi connectivity index (χ1) is 13.4. The van der Waals surface area contributed by atoms with Gasteiger partial charge in [0.15, 0.2) is 0 Å². The average molecular weight is 379 g/mol. The molecule has 0 unspecified atom stereocenters. The highest BCUT2D eigenvalue weighted by molar-refractivity contribution is 5.92. The third kappa shape index (κ3) is 4.83. The molecule has 28 heavy (non-hydrogen) atoms. The van der Waals surface area contributed by atoms with Crippen molar-refractivity contribution in [1.29, 1.82) is 0 Å². The first-order valence-electron chi connectivity index (χ1n) is 8.74. The monoisotopic (exact) mass is 379 g/mol. The number of nitro benzene ring substituents is 1. The summed E-state index contributed by atoms with van der Waals surface area (Å²) in [5.41, 5.74) is 1.62. The number of carbonyl (C=O) groups is 1. The fraction of sp³-hybridized carbons (Fsp3) is 0.190. The van der Waals surface area contributed by atoms with E-state index in [4.69, 9.17) is 4.74 Å². The van der Waals surface area contributed by atoms with E-state index in [2.05, 4.69) is 11.4 Å². The minimum absolute atomic E-state index is 0.0101. The summed E-state index contributed by atoms with van der Waals surface area (Å²) in [6.07, 6.45) is 0. The van der Waals surface area contributed by atoms with Crippen LogP contribution in [0.5, 0.6) is 5.75 Å². The Morgan fingerprint density at radius 2 is 1.75 bits per heavy atom. The van der Waals surface area contributed by atoms with Crippen LogP contribution in [0.1, 0.15) is 5.56 Å². The molecule has 0 spiro atoms. The highest BCUT2D eigenvalue weighted by Crippen LogP contribution is 2.22. The van der Waals surface area contributed by atoms with Crippen LogP contribution in [-0.4, -0.2) is 36.4 Å². The first kappa shape index (κ1) is 19.3. The lowest BCUT2D eigenvalue weighted by Gasteiger charge is -2.17. The maximum Gasteiger partial charge on any atom is 0.269 e. The Balaban J connectivity index is 1.58. The molecule has 0 atom stereocenters. The maximum absolute atomic E-state index is 12.2. The van der Waals surface area contributed by atoms with E-state index in [1.165, 1.54) is 24.3 Å². The van der Waals surface area contributed by atoms with Crippen LogP contribution < -0.4 is 10.1 Å². The minimum atomic E-state index is -0.473. The molecule has 0 bridgehead atoms. The molecule has 1 N–H and O–H groups in total. The number of benzene rings is 3. The Hall–Kier alpha value is -3.45. The van der Waals surface area contributed by atoms with Crippen LogP contribution in [0.15, 0.2) is 60.7 Å². The number of methoxy groups -OCH3 is 1. The average Bonchev–Trinajstić information content (AvgIpc) is 2.67. The van der Waals surface area contributed by atoms with Crippen molar-refractivity contribution < 1.29 is 14.5 Å². The van der Waals surface area contributed by atoms with Crippen molar-refractivity contribution in [3.8, 4) is 5.75 Å². The molecule has 1 amide bonds. The van der Waals surface area contributed by atoms with Gasteiger partial charge in [-0.2, -0.15) is 0 Å². The van der Waals surface area contributed by atoms with Crippen LogP contribution in [0, 0.1) is 10.1 Å². The summed E-state index contributed by atoms with van der Waals surface area (Å²) in [4.78, 5) is 24.3. The lowest BCUT2D eigenvalue weighted by Crippen LogP contribution is -2.29. The molecule has 7 nitrogen and oxygen atoms in total. The van der Waals surface area contributed by atoms with Gasteiger partial charge in [-0.15, -0.1) is 0 Å². The van der Waals surface area contributed by atoms with Crippen LogP contribution in [0.25, 0.3) is 10.8 Å². The largest absolute Gasteiger partial charge is 0.497 e. The van der Waals surface area contributed by atoms with Gasteiger partial charge in [0.2, 0.25) is 5.91 Å². The van der Waals surface area contributed by atoms with Gasteiger partial charge in [0.25, 0.3) is 5.69 Å². The molecule has 0 saturated heterocycles. The van der Waals surface area contributed by atoms with Crippen molar-refractivity contribution in [3.05, 3.63) is 76.3 Å². The van der Waals surface area contributed by atoms with Crippen LogP contribution in [0.3, 0.4) is 0 Å². The number of nitrogens with zero attached hydrogens (tertiary/aromatic N) is 2. The molecule has 0 aromatic heterocycles. The van der Waals surface area contributed by atoms with Crippen molar-refractivity contribution in [2.75, 3.05) is 26.0 Å². The number of non-ortho nitro benzene ring substituents is 1. The third-order valence-corrected chi connectivity index (χ3v) is 4.34. The number of fused-ring (bicyclic) bond motifs is 1. The summed E-state index contributed by atoms with van der Waals surface area (Å²) in [5, 5.41) is 15.6. The van der Waals surface area contributed by atoms with E-state index in [1.54, 1.807) is 7.11 Å². The second kappa shape index (κ2) is 8.49. The molecule has 0 radical (unpaired) electrons. The Morgan fingerprint density at radius 3 is 2.43 bits per heavy atom. The summed E-state index contributed by atoms with van der Waals surface area (Å²) >= 11 is 0. The molecule has 3 aromatic carbocycles. The molecule has 0 aliphatic heterocycles. The third-order valence-electron chi connectivity index (χ3n) is 4.34. The number of anilines is 1. The van der Waals surface area contributed by atoms with Crippen molar-refractivity contribution in [1.82, 2.24) is 4.90 Å². The predicted octanol–water partition coefficient (Wildman–Crippen LogP) is 3.83. The number of nitrogens with one attached hydrogen (secondary N) is 1. The summed E-state index contributed by atoms with van der Waals surface area (Å²) in [6, 6.07) is 17.9. The summed E-state index contributed by atoms with van der Waals surface area (Å²) in [6.45, 7) is 0.827. The van der Waals surface area contributed by atoms with Gasteiger partial charge in [0.05, 0.1) is 18.6 Å². The number of hydrogen-bond donors (Lipinski definition) is 1. The number of hydrogen-bond acceptors (Lipinski definition) is 5. The molecule has 0 fully saturated rings. The van der Waals surface area contributed by atoms with Crippen molar-refractivity contribution in [2.24, 2.45) is 0 Å². The molecule has 0 saturated carbocycles. The first-order valence-corrected chi connectivity index (χ1v) is 8.74. The van der Waals surface area contributed by atoms with E-state index in [0.717, 1.165) is 22.1 Å². The van der Waals surface area contributed by atoms with Crippen LogP contribution in [0.2, 0.25) is 0 Å². The maximum atomic E-state index is 12.2. The minimum Gasteiger partial charge on any atom is -0.497 e. The fourth-order valence-corrected chi connectivity index (χ4v) is 2.98. The summed E-state index contributed by atoms with van der Waals surface area (Å²) in [7, 11) is 3.51. The Labute approximate surface area is 162 Å². The summed E-state index contributed by atoms with van der Waals surface area (Å²) in [5.74, 6) is 0.641. The second-order valence-corrected chi connectivity index (χ2v) is 6.57. The van der Waals surface area contributed by atoms with Crippen LogP contribution in [-0.2, 0) is 11.3 Å². The van der Waals surface area contributed by atoms with Gasteiger partial charge in [-0.3, -0.25) is 19.8 Å².